The van der Waals surface area contributed by atoms with Crippen LogP contribution in [-0.2, 0) is 9.32 Å². The van der Waals surface area contributed by atoms with Crippen molar-refractivity contribution in [2.45, 2.75) is 31.8 Å². The Labute approximate surface area is 62.8 Å². The number of carbonyl (C=O) groups is 1. The van der Waals surface area contributed by atoms with Gasteiger partial charge in [0.1, 0.15) is 6.04 Å². The minimum absolute atomic E-state index is 0.0764. The molecule has 0 aromatic rings. The summed E-state index contributed by atoms with van der Waals surface area (Å²) < 4.78 is 4.50. The Bertz CT molecular complexity index is 140. The fourth-order valence-corrected chi connectivity index (χ4v) is 1.36. The number of hydrogen-bond donors (Lipinski definition) is 1. The molecule has 1 N–H and O–H groups in total. The van der Waals surface area contributed by atoms with E-state index in [1.165, 1.54) is 0 Å². The topological polar surface area (TPSA) is 38.3 Å². The van der Waals surface area contributed by atoms with Crippen molar-refractivity contribution < 1.29 is 9.32 Å². The van der Waals surface area contributed by atoms with Gasteiger partial charge in [0, 0.05) is 6.04 Å². The van der Waals surface area contributed by atoms with Crippen LogP contribution in [0.3, 0.4) is 0 Å². The maximum atomic E-state index is 10.9. The smallest absolute Gasteiger partial charge is 0.325 e. The van der Waals surface area contributed by atoms with Gasteiger partial charge in [0.05, 0.1) is 9.47 Å². The van der Waals surface area contributed by atoms with Crippen molar-refractivity contribution in [3.8, 4) is 0 Å². The summed E-state index contributed by atoms with van der Waals surface area (Å²) in [6.45, 7) is 2.07. The van der Waals surface area contributed by atoms with Crippen molar-refractivity contribution in [2.75, 3.05) is 0 Å². The average molecular weight is 161 g/mol. The molecule has 1 rings (SSSR count). The highest BCUT2D eigenvalue weighted by atomic mass is 31.0. The predicted molar refractivity (Wildman–Crippen MR) is 41.4 cm³/mol. The van der Waals surface area contributed by atoms with E-state index in [0.29, 0.717) is 6.04 Å². The van der Waals surface area contributed by atoms with Crippen molar-refractivity contribution in [3.63, 3.8) is 0 Å². The van der Waals surface area contributed by atoms with Crippen LogP contribution in [0.25, 0.3) is 0 Å². The lowest BCUT2D eigenvalue weighted by Gasteiger charge is -2.07. The van der Waals surface area contributed by atoms with E-state index in [4.69, 9.17) is 0 Å². The number of rotatable bonds is 1. The van der Waals surface area contributed by atoms with Gasteiger partial charge < -0.3 is 9.84 Å². The minimum atomic E-state index is -0.172. The zero-order valence-corrected chi connectivity index (χ0v) is 7.12. The van der Waals surface area contributed by atoms with E-state index in [2.05, 4.69) is 16.8 Å². The molecular weight excluding hydrogens is 149 g/mol. The predicted octanol–water partition coefficient (Wildman–Crippen LogP) is 0.460. The molecule has 10 heavy (non-hydrogen) atoms. The summed E-state index contributed by atoms with van der Waals surface area (Å²) in [4.78, 5) is 10.9. The monoisotopic (exact) mass is 161 g/mol. The standard InChI is InChI=1S/C6H12NO2P/c1-4-2-3-5(7-4)6(8)9-10/h4-5,7H,2-3,10H2,1H3. The van der Waals surface area contributed by atoms with Crippen LogP contribution in [0.15, 0.2) is 0 Å². The van der Waals surface area contributed by atoms with Gasteiger partial charge in [-0.15, -0.1) is 0 Å². The number of carbonyl (C=O) groups excluding carboxylic acids is 1. The molecule has 3 unspecified atom stereocenters. The first-order valence-electron chi connectivity index (χ1n) is 3.40. The Balaban J connectivity index is 2.37. The Hall–Kier alpha value is -0.140. The summed E-state index contributed by atoms with van der Waals surface area (Å²) in [5.74, 6) is -0.172. The molecule has 0 aliphatic carbocycles. The molecular formula is C6H12NO2P. The van der Waals surface area contributed by atoms with Crippen LogP contribution in [-0.4, -0.2) is 18.1 Å². The van der Waals surface area contributed by atoms with E-state index in [1.54, 1.807) is 0 Å². The zero-order valence-electron chi connectivity index (χ0n) is 5.96. The highest BCUT2D eigenvalue weighted by Crippen LogP contribution is 2.13. The van der Waals surface area contributed by atoms with Gasteiger partial charge in [-0.3, -0.25) is 4.79 Å². The third kappa shape index (κ3) is 1.68. The Morgan fingerprint density at radius 1 is 1.70 bits per heavy atom. The number of nitrogens with one attached hydrogen (secondary N) is 1. The molecule has 1 aliphatic rings. The summed E-state index contributed by atoms with van der Waals surface area (Å²) in [5, 5.41) is 3.12. The Morgan fingerprint density at radius 2 is 2.40 bits per heavy atom. The van der Waals surface area contributed by atoms with E-state index in [-0.39, 0.29) is 12.0 Å². The maximum Gasteiger partial charge on any atom is 0.325 e. The first-order chi connectivity index (χ1) is 4.74. The first kappa shape index (κ1) is 7.96. The van der Waals surface area contributed by atoms with Gasteiger partial charge in [-0.05, 0) is 19.8 Å². The third-order valence-corrected chi connectivity index (χ3v) is 2.01. The SMILES string of the molecule is CC1CCC(C(=O)OP)N1. The van der Waals surface area contributed by atoms with Gasteiger partial charge in [0.2, 0.25) is 0 Å². The fourth-order valence-electron chi connectivity index (χ4n) is 1.19. The van der Waals surface area contributed by atoms with Crippen LogP contribution in [0.1, 0.15) is 19.8 Å². The van der Waals surface area contributed by atoms with Gasteiger partial charge in [-0.25, -0.2) is 0 Å². The number of hydrogen-bond acceptors (Lipinski definition) is 3. The van der Waals surface area contributed by atoms with E-state index < -0.39 is 0 Å². The molecule has 3 atom stereocenters. The van der Waals surface area contributed by atoms with Crippen LogP contribution in [0.5, 0.6) is 0 Å². The van der Waals surface area contributed by atoms with E-state index in [0.717, 1.165) is 12.8 Å². The van der Waals surface area contributed by atoms with Crippen LogP contribution < -0.4 is 5.32 Å². The van der Waals surface area contributed by atoms with Crippen LogP contribution >= 0.6 is 9.47 Å². The molecule has 1 heterocycles. The normalized spacial score (nSPS) is 32.2. The maximum absolute atomic E-state index is 10.9. The van der Waals surface area contributed by atoms with Crippen molar-refractivity contribution in [2.24, 2.45) is 0 Å². The molecule has 0 saturated carbocycles. The molecule has 3 nitrogen and oxygen atoms in total. The minimum Gasteiger partial charge on any atom is -0.450 e. The molecule has 4 heteroatoms. The highest BCUT2D eigenvalue weighted by molar-refractivity contribution is 7.10. The van der Waals surface area contributed by atoms with Crippen molar-refractivity contribution >= 4 is 15.4 Å². The van der Waals surface area contributed by atoms with Gasteiger partial charge in [0.15, 0.2) is 0 Å². The van der Waals surface area contributed by atoms with Crippen LogP contribution in [0.4, 0.5) is 0 Å². The lowest BCUT2D eigenvalue weighted by atomic mass is 10.2. The van der Waals surface area contributed by atoms with E-state index in [1.807, 2.05) is 9.47 Å². The van der Waals surface area contributed by atoms with E-state index in [9.17, 15) is 4.79 Å². The quantitative estimate of drug-likeness (QED) is 0.568. The van der Waals surface area contributed by atoms with Crippen LogP contribution in [0, 0.1) is 0 Å². The Morgan fingerprint density at radius 3 is 2.80 bits per heavy atom. The summed E-state index contributed by atoms with van der Waals surface area (Å²) in [7, 11) is 1.97. The molecule has 0 aromatic carbocycles. The lowest BCUT2D eigenvalue weighted by molar-refractivity contribution is -0.135. The molecule has 1 saturated heterocycles. The summed E-state index contributed by atoms with van der Waals surface area (Å²) in [5.41, 5.74) is 0. The molecule has 1 fully saturated rings. The Kier molecular flexibility index (Phi) is 2.64. The molecule has 58 valence electrons. The van der Waals surface area contributed by atoms with Gasteiger partial charge in [-0.2, -0.15) is 0 Å². The fraction of sp³-hybridized carbons (Fsp3) is 0.833. The molecule has 0 bridgehead atoms. The van der Waals surface area contributed by atoms with Gasteiger partial charge >= 0.3 is 5.97 Å². The molecule has 0 aromatic heterocycles. The van der Waals surface area contributed by atoms with Crippen molar-refractivity contribution in [1.82, 2.24) is 5.32 Å². The second kappa shape index (κ2) is 3.31. The first-order valence-corrected chi connectivity index (χ1v) is 3.88. The lowest BCUT2D eigenvalue weighted by Crippen LogP contribution is -2.34. The average Bonchev–Trinajstić information content (AvgIpc) is 2.34. The summed E-state index contributed by atoms with van der Waals surface area (Å²) in [6, 6.07) is 0.376. The second-order valence-electron chi connectivity index (χ2n) is 2.63. The highest BCUT2D eigenvalue weighted by Gasteiger charge is 2.26. The van der Waals surface area contributed by atoms with Gasteiger partial charge in [-0.1, -0.05) is 0 Å². The van der Waals surface area contributed by atoms with Crippen LogP contribution in [0.2, 0.25) is 0 Å². The summed E-state index contributed by atoms with van der Waals surface area (Å²) >= 11 is 0. The molecule has 0 radical (unpaired) electrons. The molecule has 1 aliphatic heterocycles. The van der Waals surface area contributed by atoms with Crippen molar-refractivity contribution in [1.29, 1.82) is 0 Å². The largest absolute Gasteiger partial charge is 0.450 e. The molecule has 0 amide bonds. The summed E-state index contributed by atoms with van der Waals surface area (Å²) in [6.07, 6.45) is 1.96. The van der Waals surface area contributed by atoms with Crippen molar-refractivity contribution in [3.05, 3.63) is 0 Å². The zero-order chi connectivity index (χ0) is 7.56. The van der Waals surface area contributed by atoms with E-state index >= 15 is 0 Å². The van der Waals surface area contributed by atoms with Gasteiger partial charge in [0.25, 0.3) is 0 Å². The second-order valence-corrected chi connectivity index (χ2v) is 2.87. The molecule has 0 spiro atoms. The third-order valence-electron chi connectivity index (χ3n) is 1.77.